The van der Waals surface area contributed by atoms with Crippen LogP contribution in [-0.2, 0) is 11.3 Å². The van der Waals surface area contributed by atoms with Crippen LogP contribution in [-0.4, -0.2) is 53.1 Å². The number of piperazine rings is 1. The van der Waals surface area contributed by atoms with Gasteiger partial charge >= 0.3 is 0 Å². The second kappa shape index (κ2) is 7.86. The van der Waals surface area contributed by atoms with Crippen molar-refractivity contribution in [2.24, 2.45) is 0 Å². The van der Waals surface area contributed by atoms with Crippen LogP contribution in [0.5, 0.6) is 11.5 Å². The summed E-state index contributed by atoms with van der Waals surface area (Å²) in [7, 11) is 0. The summed E-state index contributed by atoms with van der Waals surface area (Å²) in [6.45, 7) is 6.20. The van der Waals surface area contributed by atoms with Gasteiger partial charge in [-0.25, -0.2) is 4.39 Å². The molecule has 0 bridgehead atoms. The zero-order chi connectivity index (χ0) is 20.7. The topological polar surface area (TPSA) is 53.0 Å². The van der Waals surface area contributed by atoms with Gasteiger partial charge in [0.1, 0.15) is 23.9 Å². The highest BCUT2D eigenvalue weighted by Crippen LogP contribution is 2.47. The fourth-order valence-electron chi connectivity index (χ4n) is 3.90. The van der Waals surface area contributed by atoms with Crippen LogP contribution >= 0.6 is 23.2 Å². The van der Waals surface area contributed by atoms with E-state index in [4.69, 9.17) is 27.9 Å². The van der Waals surface area contributed by atoms with Gasteiger partial charge in [0.2, 0.25) is 5.91 Å². The summed E-state index contributed by atoms with van der Waals surface area (Å²) in [4.78, 5) is 15.9. The molecule has 2 heterocycles. The lowest BCUT2D eigenvalue weighted by Crippen LogP contribution is -2.55. The van der Waals surface area contributed by atoms with Crippen LogP contribution in [0.15, 0.2) is 36.9 Å². The molecule has 1 fully saturated rings. The van der Waals surface area contributed by atoms with Crippen LogP contribution in [0.25, 0.3) is 11.1 Å². The number of fused-ring (bicyclic) bond motifs is 2. The fourth-order valence-corrected chi connectivity index (χ4v) is 4.64. The van der Waals surface area contributed by atoms with E-state index >= 15 is 0 Å². The number of hydrogen-bond acceptors (Lipinski definition) is 4. The third-order valence-corrected chi connectivity index (χ3v) is 6.04. The summed E-state index contributed by atoms with van der Waals surface area (Å²) in [5, 5.41) is 10.6. The molecule has 0 aromatic heterocycles. The van der Waals surface area contributed by atoms with E-state index in [1.807, 2.05) is 0 Å². The number of phenols is 1. The van der Waals surface area contributed by atoms with Gasteiger partial charge in [0, 0.05) is 37.3 Å². The van der Waals surface area contributed by atoms with Crippen LogP contribution in [0, 0.1) is 5.82 Å². The maximum Gasteiger partial charge on any atom is 0.246 e. The number of nitrogens with zero attached hydrogens (tertiary/aromatic N) is 2. The van der Waals surface area contributed by atoms with Crippen LogP contribution in [0.2, 0.25) is 10.0 Å². The Hall–Kier alpha value is -2.28. The van der Waals surface area contributed by atoms with Gasteiger partial charge in [-0.05, 0) is 24.3 Å². The Morgan fingerprint density at radius 1 is 1.31 bits per heavy atom. The second-order valence-electron chi connectivity index (χ2n) is 7.09. The first-order valence-corrected chi connectivity index (χ1v) is 9.93. The highest BCUT2D eigenvalue weighted by molar-refractivity contribution is 6.40. The highest BCUT2D eigenvalue weighted by Gasteiger charge is 2.34. The number of benzene rings is 2. The molecule has 0 radical (unpaired) electrons. The third kappa shape index (κ3) is 3.56. The van der Waals surface area contributed by atoms with E-state index in [2.05, 4.69) is 11.5 Å². The number of phenolic OH excluding ortho intramolecular Hbond substituents is 1. The molecule has 1 amide bonds. The van der Waals surface area contributed by atoms with Crippen LogP contribution in [0.1, 0.15) is 5.56 Å². The van der Waals surface area contributed by atoms with Gasteiger partial charge in [0.15, 0.2) is 0 Å². The standard InChI is InChI=1S/C21H19Cl2FN2O3/c1-2-17(28)26-7-6-25-9-12-8-14(22)18(19-15(24)4-3-5-16(19)27)20(23)21(12)29-11-13(25)10-26/h2-5,8,13,27H,1,6-7,9-11H2/t13-/m1/s1. The summed E-state index contributed by atoms with van der Waals surface area (Å²) < 4.78 is 20.4. The van der Waals surface area contributed by atoms with E-state index in [0.29, 0.717) is 38.5 Å². The predicted octanol–water partition coefficient (Wildman–Crippen LogP) is 4.10. The molecule has 4 rings (SSSR count). The monoisotopic (exact) mass is 436 g/mol. The Labute approximate surface area is 177 Å². The fraction of sp³-hybridized carbons (Fsp3) is 0.286. The van der Waals surface area contributed by atoms with Gasteiger partial charge in [0.25, 0.3) is 0 Å². The van der Waals surface area contributed by atoms with Gasteiger partial charge in [-0.1, -0.05) is 35.8 Å². The molecular formula is C21H19Cl2FN2O3. The van der Waals surface area contributed by atoms with Crippen molar-refractivity contribution in [2.45, 2.75) is 12.6 Å². The summed E-state index contributed by atoms with van der Waals surface area (Å²) >= 11 is 13.1. The Bertz CT molecular complexity index is 978. The quantitative estimate of drug-likeness (QED) is 0.720. The maximum absolute atomic E-state index is 14.4. The van der Waals surface area contributed by atoms with Gasteiger partial charge in [-0.3, -0.25) is 9.69 Å². The zero-order valence-electron chi connectivity index (χ0n) is 15.5. The van der Waals surface area contributed by atoms with Gasteiger partial charge in [0.05, 0.1) is 21.7 Å². The SMILES string of the molecule is C=CC(=O)N1CCN2Cc3cc(Cl)c(-c4c(O)cccc4F)c(Cl)c3OC[C@H]2C1. The van der Waals surface area contributed by atoms with E-state index in [-0.39, 0.29) is 38.9 Å². The van der Waals surface area contributed by atoms with E-state index in [1.54, 1.807) is 11.0 Å². The lowest BCUT2D eigenvalue weighted by molar-refractivity contribution is -0.129. The molecule has 8 heteroatoms. The number of ether oxygens (including phenoxy) is 1. The molecule has 0 spiro atoms. The minimum atomic E-state index is -0.627. The van der Waals surface area contributed by atoms with Crippen LogP contribution in [0.3, 0.4) is 0 Å². The maximum atomic E-state index is 14.4. The lowest BCUT2D eigenvalue weighted by atomic mass is 10.0. The lowest BCUT2D eigenvalue weighted by Gasteiger charge is -2.39. The third-order valence-electron chi connectivity index (χ3n) is 5.38. The second-order valence-corrected chi connectivity index (χ2v) is 7.88. The minimum absolute atomic E-state index is 0.0137. The van der Waals surface area contributed by atoms with Crippen molar-refractivity contribution < 1.29 is 19.0 Å². The van der Waals surface area contributed by atoms with E-state index in [0.717, 1.165) is 5.56 Å². The number of amides is 1. The smallest absolute Gasteiger partial charge is 0.246 e. The van der Waals surface area contributed by atoms with Crippen LogP contribution < -0.4 is 4.74 Å². The molecule has 5 nitrogen and oxygen atoms in total. The molecule has 2 aliphatic rings. The Morgan fingerprint density at radius 3 is 2.83 bits per heavy atom. The van der Waals surface area contributed by atoms with E-state index in [1.165, 1.54) is 24.3 Å². The molecule has 152 valence electrons. The predicted molar refractivity (Wildman–Crippen MR) is 110 cm³/mol. The number of halogens is 3. The van der Waals surface area contributed by atoms with Gasteiger partial charge < -0.3 is 14.7 Å². The van der Waals surface area contributed by atoms with Crippen molar-refractivity contribution in [3.63, 3.8) is 0 Å². The average Bonchev–Trinajstić information content (AvgIpc) is 2.88. The zero-order valence-corrected chi connectivity index (χ0v) is 17.0. The average molecular weight is 437 g/mol. The number of hydrogen-bond donors (Lipinski definition) is 1. The molecule has 29 heavy (non-hydrogen) atoms. The van der Waals surface area contributed by atoms with E-state index in [9.17, 15) is 14.3 Å². The van der Waals surface area contributed by atoms with Crippen molar-refractivity contribution in [3.8, 4) is 22.6 Å². The largest absolute Gasteiger partial charge is 0.507 e. The summed E-state index contributed by atoms with van der Waals surface area (Å²) in [5.74, 6) is -0.564. The normalized spacial score (nSPS) is 19.0. The first kappa shape index (κ1) is 20.0. The van der Waals surface area contributed by atoms with Gasteiger partial charge in [-0.15, -0.1) is 0 Å². The molecular weight excluding hydrogens is 418 g/mol. The molecule has 1 saturated heterocycles. The molecule has 0 unspecified atom stereocenters. The van der Waals surface area contributed by atoms with Crippen molar-refractivity contribution in [1.82, 2.24) is 9.80 Å². The Balaban J connectivity index is 1.71. The van der Waals surface area contributed by atoms with E-state index < -0.39 is 5.82 Å². The molecule has 0 saturated carbocycles. The Morgan fingerprint density at radius 2 is 2.10 bits per heavy atom. The molecule has 1 atom stereocenters. The van der Waals surface area contributed by atoms with Crippen molar-refractivity contribution in [1.29, 1.82) is 0 Å². The molecule has 1 N–H and O–H groups in total. The molecule has 0 aliphatic carbocycles. The first-order chi connectivity index (χ1) is 13.9. The number of aromatic hydroxyl groups is 1. The number of carbonyl (C=O) groups excluding carboxylic acids is 1. The number of rotatable bonds is 2. The number of carbonyl (C=O) groups is 1. The van der Waals surface area contributed by atoms with Crippen molar-refractivity contribution >= 4 is 29.1 Å². The summed E-state index contributed by atoms with van der Waals surface area (Å²) in [6, 6.07) is 5.71. The van der Waals surface area contributed by atoms with Gasteiger partial charge in [-0.2, -0.15) is 0 Å². The first-order valence-electron chi connectivity index (χ1n) is 9.17. The molecule has 2 aliphatic heterocycles. The van der Waals surface area contributed by atoms with Crippen molar-refractivity contribution in [2.75, 3.05) is 26.2 Å². The van der Waals surface area contributed by atoms with Crippen molar-refractivity contribution in [3.05, 3.63) is 58.3 Å². The highest BCUT2D eigenvalue weighted by atomic mass is 35.5. The summed E-state index contributed by atoms with van der Waals surface area (Å²) in [5.41, 5.74) is 0.926. The minimum Gasteiger partial charge on any atom is -0.507 e. The Kier molecular flexibility index (Phi) is 5.42. The summed E-state index contributed by atoms with van der Waals surface area (Å²) in [6.07, 6.45) is 1.31. The molecule has 2 aromatic carbocycles. The van der Waals surface area contributed by atoms with Crippen LogP contribution in [0.4, 0.5) is 4.39 Å². The molecule has 2 aromatic rings.